The van der Waals surface area contributed by atoms with E-state index in [9.17, 15) is 29.1 Å². The molecule has 0 fully saturated rings. The van der Waals surface area contributed by atoms with Gasteiger partial charge in [-0.2, -0.15) is 12.6 Å². The number of carbonyl (C=O) groups is 5. The van der Waals surface area contributed by atoms with Crippen LogP contribution < -0.4 is 33.2 Å². The molecule has 0 aromatic carbocycles. The molecule has 0 aromatic heterocycles. The Morgan fingerprint density at radius 2 is 1.55 bits per heavy atom. The van der Waals surface area contributed by atoms with Gasteiger partial charge >= 0.3 is 11.9 Å². The standard InChI is InChI=1S/C17H31N7O8S/c1-7(25)12(24-13(28)8(18)3-2-4-21-17(19)20)15(30)23-10(6-33)14(29)22-9(16(31)32)5-11(26)27/h7-10,12,25,33H,2-6,18H2,1H3,(H,22,29)(H,23,30)(H,24,28)(H,26,27)(H,31,32)(H4,19,20,21). The largest absolute Gasteiger partial charge is 0.481 e. The number of nitrogens with one attached hydrogen (secondary N) is 3. The molecule has 5 unspecified atom stereocenters. The van der Waals surface area contributed by atoms with Crippen LogP contribution in [0.2, 0.25) is 0 Å². The van der Waals surface area contributed by atoms with Crippen LogP contribution in [-0.2, 0) is 24.0 Å². The SMILES string of the molecule is CC(O)C(NC(=O)C(N)CCCN=C(N)N)C(=O)NC(CS)C(=O)NC(CC(=O)O)C(=O)O. The summed E-state index contributed by atoms with van der Waals surface area (Å²) in [6.07, 6.45) is -1.72. The molecule has 0 saturated heterocycles. The van der Waals surface area contributed by atoms with E-state index in [4.69, 9.17) is 27.4 Å². The summed E-state index contributed by atoms with van der Waals surface area (Å²) in [6, 6.07) is -5.66. The molecule has 0 aliphatic carbocycles. The van der Waals surface area contributed by atoms with Crippen molar-refractivity contribution in [3.8, 4) is 0 Å². The van der Waals surface area contributed by atoms with E-state index in [1.54, 1.807) is 0 Å². The molecule has 188 valence electrons. The second-order valence-corrected chi connectivity index (χ2v) is 7.39. The second-order valence-electron chi connectivity index (χ2n) is 7.02. The van der Waals surface area contributed by atoms with Crippen LogP contribution in [0.4, 0.5) is 0 Å². The molecule has 0 bridgehead atoms. The first kappa shape index (κ1) is 29.9. The lowest BCUT2D eigenvalue weighted by Gasteiger charge is -2.25. The third-order valence-electron chi connectivity index (χ3n) is 4.18. The summed E-state index contributed by atoms with van der Waals surface area (Å²) in [5.74, 6) is -6.18. The maximum Gasteiger partial charge on any atom is 0.326 e. The third-order valence-corrected chi connectivity index (χ3v) is 4.54. The van der Waals surface area contributed by atoms with Crippen molar-refractivity contribution in [3.05, 3.63) is 0 Å². The van der Waals surface area contributed by atoms with E-state index < -0.39 is 66.4 Å². The Bertz CT molecular complexity index is 745. The van der Waals surface area contributed by atoms with E-state index in [1.165, 1.54) is 6.92 Å². The monoisotopic (exact) mass is 493 g/mol. The van der Waals surface area contributed by atoms with E-state index in [0.717, 1.165) is 0 Å². The van der Waals surface area contributed by atoms with Crippen molar-refractivity contribution in [2.45, 2.75) is 56.5 Å². The summed E-state index contributed by atoms with van der Waals surface area (Å²) < 4.78 is 0. The number of thiol groups is 1. The summed E-state index contributed by atoms with van der Waals surface area (Å²) in [4.78, 5) is 62.7. The highest BCUT2D eigenvalue weighted by molar-refractivity contribution is 7.80. The number of aliphatic hydroxyl groups excluding tert-OH is 1. The van der Waals surface area contributed by atoms with Crippen LogP contribution in [0.25, 0.3) is 0 Å². The van der Waals surface area contributed by atoms with E-state index in [0.29, 0.717) is 6.42 Å². The van der Waals surface area contributed by atoms with Crippen LogP contribution in [-0.4, -0.2) is 93.5 Å². The van der Waals surface area contributed by atoms with E-state index in [2.05, 4.69) is 28.3 Å². The minimum absolute atomic E-state index is 0.112. The topological polar surface area (TPSA) is 273 Å². The van der Waals surface area contributed by atoms with Gasteiger partial charge in [0.2, 0.25) is 17.7 Å². The van der Waals surface area contributed by atoms with Gasteiger partial charge in [-0.05, 0) is 19.8 Å². The van der Waals surface area contributed by atoms with Crippen molar-refractivity contribution >= 4 is 48.2 Å². The fourth-order valence-corrected chi connectivity index (χ4v) is 2.68. The Morgan fingerprint density at radius 3 is 2.00 bits per heavy atom. The van der Waals surface area contributed by atoms with Gasteiger partial charge in [-0.15, -0.1) is 0 Å². The van der Waals surface area contributed by atoms with Gasteiger partial charge in [-0.25, -0.2) is 4.79 Å². The molecule has 16 heteroatoms. The first-order chi connectivity index (χ1) is 15.3. The van der Waals surface area contributed by atoms with Crippen molar-refractivity contribution in [2.75, 3.05) is 12.3 Å². The van der Waals surface area contributed by atoms with Gasteiger partial charge in [0.05, 0.1) is 18.6 Å². The third kappa shape index (κ3) is 11.9. The normalized spacial score (nSPS) is 15.2. The molecule has 0 aromatic rings. The molecule has 12 N–H and O–H groups in total. The molecular formula is C17H31N7O8S. The lowest BCUT2D eigenvalue weighted by Crippen LogP contribution is -2.60. The minimum Gasteiger partial charge on any atom is -0.481 e. The molecule has 15 nitrogen and oxygen atoms in total. The van der Waals surface area contributed by atoms with Gasteiger partial charge in [0, 0.05) is 12.3 Å². The van der Waals surface area contributed by atoms with Crippen LogP contribution in [0.15, 0.2) is 4.99 Å². The van der Waals surface area contributed by atoms with Crippen LogP contribution in [0.5, 0.6) is 0 Å². The highest BCUT2D eigenvalue weighted by Crippen LogP contribution is 2.02. The lowest BCUT2D eigenvalue weighted by molar-refractivity contribution is -0.147. The average Bonchev–Trinajstić information content (AvgIpc) is 2.71. The van der Waals surface area contributed by atoms with Crippen molar-refractivity contribution in [2.24, 2.45) is 22.2 Å². The predicted molar refractivity (Wildman–Crippen MR) is 119 cm³/mol. The number of hydrogen-bond donors (Lipinski definition) is 10. The number of carboxylic acid groups (broad SMARTS) is 2. The molecule has 0 saturated carbocycles. The molecule has 3 amide bonds. The molecule has 5 atom stereocenters. The molecule has 0 heterocycles. The summed E-state index contributed by atoms with van der Waals surface area (Å²) in [5, 5.41) is 34.2. The number of carboxylic acids is 2. The number of hydrogen-bond acceptors (Lipinski definition) is 9. The van der Waals surface area contributed by atoms with E-state index in [-0.39, 0.29) is 24.7 Å². The van der Waals surface area contributed by atoms with Gasteiger partial charge in [-0.3, -0.25) is 24.2 Å². The zero-order valence-electron chi connectivity index (χ0n) is 17.9. The van der Waals surface area contributed by atoms with Crippen molar-refractivity contribution in [1.29, 1.82) is 0 Å². The first-order valence-corrected chi connectivity index (χ1v) is 10.4. The van der Waals surface area contributed by atoms with Crippen LogP contribution >= 0.6 is 12.6 Å². The second kappa shape index (κ2) is 14.9. The summed E-state index contributed by atoms with van der Waals surface area (Å²) >= 11 is 3.92. The van der Waals surface area contributed by atoms with Crippen molar-refractivity contribution in [1.82, 2.24) is 16.0 Å². The molecule has 0 aliphatic rings. The molecule has 0 aliphatic heterocycles. The number of aliphatic hydroxyl groups is 1. The quantitative estimate of drug-likeness (QED) is 0.0451. The number of aliphatic imine (C=N–C) groups is 1. The number of guanidine groups is 1. The van der Waals surface area contributed by atoms with Gasteiger partial charge in [0.15, 0.2) is 5.96 Å². The van der Waals surface area contributed by atoms with Gasteiger partial charge in [-0.1, -0.05) is 0 Å². The Balaban J connectivity index is 5.08. The maximum atomic E-state index is 12.6. The summed E-state index contributed by atoms with van der Waals surface area (Å²) in [6.45, 7) is 1.46. The van der Waals surface area contributed by atoms with Gasteiger partial charge in [0.1, 0.15) is 18.1 Å². The van der Waals surface area contributed by atoms with Crippen LogP contribution in [0, 0.1) is 0 Å². The Morgan fingerprint density at radius 1 is 0.970 bits per heavy atom. The van der Waals surface area contributed by atoms with Gasteiger partial charge < -0.3 is 48.5 Å². The fourth-order valence-electron chi connectivity index (χ4n) is 2.42. The summed E-state index contributed by atoms with van der Waals surface area (Å²) in [5.41, 5.74) is 16.1. The Kier molecular flexibility index (Phi) is 13.5. The molecule has 0 rings (SSSR count). The number of nitrogens with zero attached hydrogens (tertiary/aromatic N) is 1. The number of rotatable bonds is 15. The first-order valence-electron chi connectivity index (χ1n) is 9.75. The van der Waals surface area contributed by atoms with Crippen LogP contribution in [0.3, 0.4) is 0 Å². The highest BCUT2D eigenvalue weighted by Gasteiger charge is 2.32. The fraction of sp³-hybridized carbons (Fsp3) is 0.647. The van der Waals surface area contributed by atoms with Crippen molar-refractivity contribution < 1.29 is 39.3 Å². The number of carbonyl (C=O) groups excluding carboxylic acids is 3. The number of aliphatic carboxylic acids is 2. The van der Waals surface area contributed by atoms with Gasteiger partial charge in [0.25, 0.3) is 0 Å². The number of amides is 3. The predicted octanol–water partition coefficient (Wildman–Crippen LogP) is -4.31. The molecule has 0 radical (unpaired) electrons. The zero-order chi connectivity index (χ0) is 25.7. The molecular weight excluding hydrogens is 462 g/mol. The smallest absolute Gasteiger partial charge is 0.326 e. The minimum atomic E-state index is -1.74. The average molecular weight is 494 g/mol. The Labute approximate surface area is 194 Å². The molecule has 0 spiro atoms. The highest BCUT2D eigenvalue weighted by atomic mass is 32.1. The molecule has 33 heavy (non-hydrogen) atoms. The van der Waals surface area contributed by atoms with E-state index >= 15 is 0 Å². The summed E-state index contributed by atoms with van der Waals surface area (Å²) in [7, 11) is 0. The Hall–Kier alpha value is -3.11. The lowest BCUT2D eigenvalue weighted by atomic mass is 10.1. The van der Waals surface area contributed by atoms with Crippen molar-refractivity contribution in [3.63, 3.8) is 0 Å². The number of nitrogens with two attached hydrogens (primary N) is 3. The maximum absolute atomic E-state index is 12.6. The van der Waals surface area contributed by atoms with Crippen LogP contribution in [0.1, 0.15) is 26.2 Å². The van der Waals surface area contributed by atoms with E-state index in [1.807, 2.05) is 5.32 Å². The zero-order valence-corrected chi connectivity index (χ0v) is 18.8.